The number of hydrogen-bond acceptors (Lipinski definition) is 8. The largest absolute Gasteiger partial charge is 0.481 e. The highest BCUT2D eigenvalue weighted by molar-refractivity contribution is 5.96. The van der Waals surface area contributed by atoms with E-state index in [2.05, 4.69) is 20.2 Å². The van der Waals surface area contributed by atoms with E-state index < -0.39 is 29.9 Å². The van der Waals surface area contributed by atoms with E-state index in [1.54, 1.807) is 13.0 Å². The maximum atomic E-state index is 13.5. The number of ether oxygens (including phenoxy) is 1. The number of carboxylic acid groups (broad SMARTS) is 1. The second kappa shape index (κ2) is 14.9. The molecule has 40 heavy (non-hydrogen) atoms. The predicted molar refractivity (Wildman–Crippen MR) is 147 cm³/mol. The van der Waals surface area contributed by atoms with E-state index >= 15 is 0 Å². The van der Waals surface area contributed by atoms with E-state index in [4.69, 9.17) is 4.74 Å². The molecule has 0 aliphatic carbocycles. The number of nitrogens with zero attached hydrogens (tertiary/aromatic N) is 5. The molecule has 2 N–H and O–H groups in total. The first-order chi connectivity index (χ1) is 19.2. The fraction of sp³-hybridized carbons (Fsp3) is 0.500. The van der Waals surface area contributed by atoms with Gasteiger partial charge in [0.2, 0.25) is 5.91 Å². The number of amides is 3. The van der Waals surface area contributed by atoms with Crippen molar-refractivity contribution in [2.45, 2.75) is 46.2 Å². The smallest absolute Gasteiger partial charge is 0.409 e. The number of nitrogens with one attached hydrogen (secondary N) is 1. The van der Waals surface area contributed by atoms with Crippen LogP contribution in [0.1, 0.15) is 49.8 Å². The molecule has 1 aliphatic heterocycles. The zero-order chi connectivity index (χ0) is 29.1. The Hall–Kier alpha value is -4.06. The van der Waals surface area contributed by atoms with Gasteiger partial charge in [0.25, 0.3) is 5.91 Å². The molecule has 1 aromatic carbocycles. The summed E-state index contributed by atoms with van der Waals surface area (Å²) in [6.45, 7) is 9.25. The van der Waals surface area contributed by atoms with E-state index in [0.717, 1.165) is 18.7 Å². The minimum absolute atomic E-state index is 0.0824. The molecule has 1 aliphatic rings. The number of piperazine rings is 1. The number of carbonyl (C=O) groups excluding carboxylic acids is 3. The first-order valence-corrected chi connectivity index (χ1v) is 13.6. The Kier molecular flexibility index (Phi) is 11.4. The molecule has 3 amide bonds. The number of aromatic nitrogens is 2. The minimum Gasteiger partial charge on any atom is -0.481 e. The van der Waals surface area contributed by atoms with Crippen LogP contribution in [0.15, 0.2) is 36.4 Å². The third kappa shape index (κ3) is 8.47. The van der Waals surface area contributed by atoms with Crippen LogP contribution in [-0.2, 0) is 20.9 Å². The van der Waals surface area contributed by atoms with Gasteiger partial charge >= 0.3 is 12.1 Å². The summed E-state index contributed by atoms with van der Waals surface area (Å²) >= 11 is 0. The van der Waals surface area contributed by atoms with Crippen LogP contribution in [0.2, 0.25) is 0 Å². The molecule has 12 nitrogen and oxygen atoms in total. The zero-order valence-corrected chi connectivity index (χ0v) is 23.3. The Morgan fingerprint density at radius 2 is 1.65 bits per heavy atom. The summed E-state index contributed by atoms with van der Waals surface area (Å²) in [5, 5.41) is 12.0. The molecule has 1 saturated heterocycles. The van der Waals surface area contributed by atoms with Crippen LogP contribution < -0.4 is 5.32 Å². The zero-order valence-electron chi connectivity index (χ0n) is 23.3. The molecule has 1 unspecified atom stereocenters. The van der Waals surface area contributed by atoms with Gasteiger partial charge in [0.15, 0.2) is 5.82 Å². The van der Waals surface area contributed by atoms with Gasteiger partial charge in [-0.25, -0.2) is 14.8 Å². The van der Waals surface area contributed by atoms with Gasteiger partial charge in [-0.05, 0) is 32.5 Å². The maximum Gasteiger partial charge on any atom is 0.409 e. The number of benzene rings is 1. The van der Waals surface area contributed by atoms with E-state index in [1.165, 1.54) is 9.80 Å². The quantitative estimate of drug-likeness (QED) is 0.403. The van der Waals surface area contributed by atoms with Crippen molar-refractivity contribution in [1.29, 1.82) is 0 Å². The lowest BCUT2D eigenvalue weighted by molar-refractivity contribution is -0.138. The van der Waals surface area contributed by atoms with E-state index in [9.17, 15) is 24.3 Å². The van der Waals surface area contributed by atoms with Crippen molar-refractivity contribution >= 4 is 23.9 Å². The monoisotopic (exact) mass is 554 g/mol. The van der Waals surface area contributed by atoms with E-state index in [1.807, 2.05) is 44.2 Å². The Morgan fingerprint density at radius 3 is 2.25 bits per heavy atom. The summed E-state index contributed by atoms with van der Waals surface area (Å²) in [5.74, 6) is -1.68. The van der Waals surface area contributed by atoms with Crippen LogP contribution in [0.5, 0.6) is 0 Å². The van der Waals surface area contributed by atoms with Gasteiger partial charge in [0.05, 0.1) is 12.3 Å². The number of aliphatic carboxylic acids is 1. The molecule has 2 heterocycles. The highest BCUT2D eigenvalue weighted by Gasteiger charge is 2.31. The van der Waals surface area contributed by atoms with Crippen molar-refractivity contribution in [3.8, 4) is 11.4 Å². The summed E-state index contributed by atoms with van der Waals surface area (Å²) in [6.07, 6.45) is -0.823. The number of carbonyl (C=O) groups is 4. The first kappa shape index (κ1) is 30.5. The van der Waals surface area contributed by atoms with Crippen LogP contribution >= 0.6 is 0 Å². The van der Waals surface area contributed by atoms with Crippen LogP contribution in [0, 0.1) is 0 Å². The van der Waals surface area contributed by atoms with Crippen molar-refractivity contribution in [2.75, 3.05) is 45.9 Å². The van der Waals surface area contributed by atoms with Crippen LogP contribution in [0.4, 0.5) is 4.79 Å². The van der Waals surface area contributed by atoms with Gasteiger partial charge in [-0.3, -0.25) is 19.3 Å². The molecule has 1 atom stereocenters. The second-order valence-corrected chi connectivity index (χ2v) is 9.37. The molecule has 0 spiro atoms. The molecule has 0 saturated carbocycles. The Balaban J connectivity index is 1.82. The highest BCUT2D eigenvalue weighted by Crippen LogP contribution is 2.17. The predicted octanol–water partition coefficient (Wildman–Crippen LogP) is 2.25. The minimum atomic E-state index is -1.07. The summed E-state index contributed by atoms with van der Waals surface area (Å²) in [7, 11) is 0. The third-order valence-electron chi connectivity index (χ3n) is 6.69. The highest BCUT2D eigenvalue weighted by atomic mass is 16.6. The average molecular weight is 555 g/mol. The fourth-order valence-corrected chi connectivity index (χ4v) is 4.39. The lowest BCUT2D eigenvalue weighted by Crippen LogP contribution is -2.56. The SMILES string of the molecule is CCOC(=O)N1CCN(C(=O)C(CCC(=O)O)NC(=O)c2cc(CN(CC)CC)nc(-c3ccccc3)n2)CC1. The van der Waals surface area contributed by atoms with E-state index in [0.29, 0.717) is 18.1 Å². The number of rotatable bonds is 12. The molecule has 12 heteroatoms. The Bertz CT molecular complexity index is 1170. The summed E-state index contributed by atoms with van der Waals surface area (Å²) in [5.41, 5.74) is 1.50. The molecule has 216 valence electrons. The molecule has 3 rings (SSSR count). The van der Waals surface area contributed by atoms with Gasteiger partial charge in [-0.1, -0.05) is 44.2 Å². The van der Waals surface area contributed by atoms with Crippen molar-refractivity contribution in [3.05, 3.63) is 47.8 Å². The Morgan fingerprint density at radius 1 is 1.00 bits per heavy atom. The van der Waals surface area contributed by atoms with Gasteiger partial charge < -0.3 is 25.0 Å². The topological polar surface area (TPSA) is 145 Å². The molecular weight excluding hydrogens is 516 g/mol. The van der Waals surface area contributed by atoms with Crippen molar-refractivity contribution in [2.24, 2.45) is 0 Å². The lowest BCUT2D eigenvalue weighted by Gasteiger charge is -2.35. The molecule has 1 aromatic heterocycles. The van der Waals surface area contributed by atoms with Crippen molar-refractivity contribution in [1.82, 2.24) is 30.0 Å². The van der Waals surface area contributed by atoms with Gasteiger partial charge in [-0.15, -0.1) is 0 Å². The summed E-state index contributed by atoms with van der Waals surface area (Å²) < 4.78 is 5.03. The number of carboxylic acids is 1. The van der Waals surface area contributed by atoms with Gasteiger partial charge in [-0.2, -0.15) is 0 Å². The molecule has 1 fully saturated rings. The van der Waals surface area contributed by atoms with Gasteiger partial charge in [0.1, 0.15) is 11.7 Å². The number of hydrogen-bond donors (Lipinski definition) is 2. The molecule has 0 radical (unpaired) electrons. The summed E-state index contributed by atoms with van der Waals surface area (Å²) in [6, 6.07) is 9.84. The van der Waals surface area contributed by atoms with Gasteiger partial charge in [0, 0.05) is 44.7 Å². The Labute approximate surface area is 234 Å². The molecule has 0 bridgehead atoms. The van der Waals surface area contributed by atoms with Crippen molar-refractivity contribution in [3.63, 3.8) is 0 Å². The van der Waals surface area contributed by atoms with Crippen molar-refractivity contribution < 1.29 is 29.0 Å². The van der Waals surface area contributed by atoms with E-state index in [-0.39, 0.29) is 51.3 Å². The first-order valence-electron chi connectivity index (χ1n) is 13.6. The van der Waals surface area contributed by atoms with Crippen LogP contribution in [0.3, 0.4) is 0 Å². The average Bonchev–Trinajstić information content (AvgIpc) is 2.98. The standard InChI is InChI=1S/C28H38N6O6/c1-4-32(5-2)19-21-18-23(30-25(29-21)20-10-8-7-9-11-20)26(37)31-22(12-13-24(35)36)27(38)33-14-16-34(17-15-33)28(39)40-6-3/h7-11,18,22H,4-6,12-17,19H2,1-3H3,(H,31,37)(H,35,36). The van der Waals surface area contributed by atoms with Crippen LogP contribution in [-0.4, -0.2) is 106 Å². The third-order valence-corrected chi connectivity index (χ3v) is 6.69. The van der Waals surface area contributed by atoms with Crippen LogP contribution in [0.25, 0.3) is 11.4 Å². The summed E-state index contributed by atoms with van der Waals surface area (Å²) in [4.78, 5) is 64.6. The molecule has 2 aromatic rings. The normalized spacial score (nSPS) is 14.1. The maximum absolute atomic E-state index is 13.5. The fourth-order valence-electron chi connectivity index (χ4n) is 4.39. The second-order valence-electron chi connectivity index (χ2n) is 9.37. The lowest BCUT2D eigenvalue weighted by atomic mass is 10.1. The molecular formula is C28H38N6O6.